The Morgan fingerprint density at radius 2 is 1.43 bits per heavy atom. The van der Waals surface area contributed by atoms with Crippen molar-refractivity contribution in [2.75, 3.05) is 14.2 Å². The molecule has 0 bridgehead atoms. The lowest BCUT2D eigenvalue weighted by Gasteiger charge is -2.18. The zero-order chi connectivity index (χ0) is 17.0. The van der Waals surface area contributed by atoms with Crippen molar-refractivity contribution in [2.24, 2.45) is 0 Å². The summed E-state index contributed by atoms with van der Waals surface area (Å²) in [5.41, 5.74) is 0.874. The molecule has 2 aromatic carbocycles. The van der Waals surface area contributed by atoms with E-state index in [2.05, 4.69) is 0 Å². The largest absolute Gasteiger partial charge is 0.484 e. The molecule has 0 N–H and O–H groups in total. The molecule has 23 heavy (non-hydrogen) atoms. The van der Waals surface area contributed by atoms with Crippen molar-refractivity contribution < 1.29 is 26.4 Å². The van der Waals surface area contributed by atoms with Gasteiger partial charge in [0.2, 0.25) is 0 Å². The number of rotatable bonds is 6. The highest BCUT2D eigenvalue weighted by Gasteiger charge is 2.18. The molecule has 0 aliphatic heterocycles. The Kier molecular flexibility index (Phi) is 5.95. The molecule has 0 saturated carbocycles. The average molecular weight is 342 g/mol. The van der Waals surface area contributed by atoms with E-state index in [0.717, 1.165) is 5.56 Å². The molecule has 7 heteroatoms. The van der Waals surface area contributed by atoms with Gasteiger partial charge in [0, 0.05) is 26.4 Å². The van der Waals surface area contributed by atoms with Crippen LogP contribution in [-0.4, -0.2) is 23.7 Å². The van der Waals surface area contributed by atoms with E-state index in [9.17, 15) is 13.2 Å². The van der Waals surface area contributed by atoms with E-state index in [1.165, 1.54) is 14.2 Å². The van der Waals surface area contributed by atoms with Crippen LogP contribution in [0.5, 0.6) is 0 Å². The summed E-state index contributed by atoms with van der Waals surface area (Å²) < 4.78 is 56.4. The molecular weight excluding hydrogens is 325 g/mol. The van der Waals surface area contributed by atoms with Crippen LogP contribution in [0.1, 0.15) is 18.6 Å². The van der Waals surface area contributed by atoms with Crippen molar-refractivity contribution in [1.29, 1.82) is 0 Å². The Bertz CT molecular complexity index is 637. The first-order valence-electron chi connectivity index (χ1n) is 6.92. The summed E-state index contributed by atoms with van der Waals surface area (Å²) in [5, 5.41) is 0. The predicted molar refractivity (Wildman–Crippen MR) is 82.4 cm³/mol. The van der Waals surface area contributed by atoms with Crippen molar-refractivity contribution in [3.63, 3.8) is 0 Å². The molecule has 0 fully saturated rings. The van der Waals surface area contributed by atoms with Crippen LogP contribution in [0, 0.1) is 17.5 Å². The highest BCUT2D eigenvalue weighted by Crippen LogP contribution is 2.28. The van der Waals surface area contributed by atoms with Crippen molar-refractivity contribution in [2.45, 2.75) is 13.0 Å². The fraction of sp³-hybridized carbons (Fsp3) is 0.250. The van der Waals surface area contributed by atoms with E-state index in [1.54, 1.807) is 24.3 Å². The Morgan fingerprint density at radius 3 is 1.91 bits per heavy atom. The third-order valence-corrected chi connectivity index (χ3v) is 4.78. The van der Waals surface area contributed by atoms with E-state index in [1.807, 2.05) is 6.92 Å². The second-order valence-electron chi connectivity index (χ2n) is 4.90. The molecule has 124 valence electrons. The molecule has 1 unspecified atom stereocenters. The van der Waals surface area contributed by atoms with Gasteiger partial charge in [-0.2, -0.15) is 0 Å². The van der Waals surface area contributed by atoms with Gasteiger partial charge < -0.3 is 13.3 Å². The van der Waals surface area contributed by atoms with Gasteiger partial charge in [0.05, 0.1) is 11.7 Å². The lowest BCUT2D eigenvalue weighted by Crippen LogP contribution is -2.25. The molecule has 0 radical (unpaired) electrons. The average Bonchev–Trinajstić information content (AvgIpc) is 2.52. The molecule has 3 nitrogen and oxygen atoms in total. The van der Waals surface area contributed by atoms with Crippen molar-refractivity contribution in [1.82, 2.24) is 0 Å². The molecule has 0 amide bonds. The molecule has 0 aliphatic rings. The second-order valence-corrected chi connectivity index (χ2v) is 6.70. The van der Waals surface area contributed by atoms with E-state index in [0.29, 0.717) is 17.7 Å². The van der Waals surface area contributed by atoms with Crippen LogP contribution < -0.4 is 0 Å². The maximum absolute atomic E-state index is 13.8. The molecule has 1 atom stereocenters. The monoisotopic (exact) mass is 342 g/mol. The van der Waals surface area contributed by atoms with E-state index >= 15 is 0 Å². The van der Waals surface area contributed by atoms with Crippen LogP contribution in [0.4, 0.5) is 13.2 Å². The van der Waals surface area contributed by atoms with E-state index < -0.39 is 27.0 Å². The summed E-state index contributed by atoms with van der Waals surface area (Å²) in [6.07, 6.45) is -0.288. The molecule has 0 aliphatic carbocycles. The molecule has 2 aromatic rings. The summed E-state index contributed by atoms with van der Waals surface area (Å²) in [7, 11) is 0.845. The zero-order valence-corrected chi connectivity index (χ0v) is 14.1. The highest BCUT2D eigenvalue weighted by molar-refractivity contribution is 6.36. The molecule has 2 rings (SSSR count). The van der Waals surface area contributed by atoms with E-state index in [-0.39, 0.29) is 11.7 Å². The Hall–Kier alpha value is -1.67. The first kappa shape index (κ1) is 17.7. The zero-order valence-electron chi connectivity index (χ0n) is 13.0. The first-order valence-corrected chi connectivity index (χ1v) is 8.33. The van der Waals surface area contributed by atoms with Crippen LogP contribution in [0.3, 0.4) is 0 Å². The van der Waals surface area contributed by atoms with Gasteiger partial charge in [-0.15, -0.1) is 0 Å². The van der Waals surface area contributed by atoms with Crippen LogP contribution in [0.2, 0.25) is 0 Å². The van der Waals surface area contributed by atoms with Gasteiger partial charge in [-0.05, 0) is 18.1 Å². The summed E-state index contributed by atoms with van der Waals surface area (Å²) in [4.78, 5) is 0. The van der Waals surface area contributed by atoms with Gasteiger partial charge in [0.15, 0.2) is 0 Å². The standard InChI is InChI=1S/C16H17F3O3Si/c1-10(22-23(20-2)21-3)11-4-6-12(7-5-11)16-14(18)8-13(17)9-15(16)19/h4-10,23H,1-3H3. The number of halogens is 3. The predicted octanol–water partition coefficient (Wildman–Crippen LogP) is 3.86. The summed E-state index contributed by atoms with van der Waals surface area (Å²) in [5.74, 6) is -2.82. The minimum absolute atomic E-state index is 0.257. The molecule has 0 saturated heterocycles. The fourth-order valence-electron chi connectivity index (χ4n) is 2.19. The summed E-state index contributed by atoms with van der Waals surface area (Å²) >= 11 is 0. The van der Waals surface area contributed by atoms with Crippen LogP contribution >= 0.6 is 0 Å². The number of benzene rings is 2. The van der Waals surface area contributed by atoms with Gasteiger partial charge in [0.1, 0.15) is 17.5 Å². The lowest BCUT2D eigenvalue weighted by molar-refractivity contribution is 0.0951. The second kappa shape index (κ2) is 7.74. The Balaban J connectivity index is 2.23. The third kappa shape index (κ3) is 4.20. The molecular formula is C16H17F3O3Si. The summed E-state index contributed by atoms with van der Waals surface area (Å²) in [6.45, 7) is 1.83. The lowest BCUT2D eigenvalue weighted by atomic mass is 10.0. The van der Waals surface area contributed by atoms with Crippen molar-refractivity contribution >= 4 is 9.53 Å². The molecule has 0 aromatic heterocycles. The summed E-state index contributed by atoms with van der Waals surface area (Å²) in [6, 6.07) is 7.82. The minimum Gasteiger partial charge on any atom is -0.379 e. The van der Waals surface area contributed by atoms with Gasteiger partial charge >= 0.3 is 9.53 Å². The van der Waals surface area contributed by atoms with Gasteiger partial charge in [0.25, 0.3) is 0 Å². The maximum Gasteiger partial charge on any atom is 0.484 e. The van der Waals surface area contributed by atoms with E-state index in [4.69, 9.17) is 13.3 Å². The fourth-order valence-corrected chi connectivity index (χ4v) is 3.10. The van der Waals surface area contributed by atoms with Gasteiger partial charge in [-0.25, -0.2) is 13.2 Å². The molecule has 0 heterocycles. The normalized spacial score (nSPS) is 12.7. The minimum atomic E-state index is -2.18. The van der Waals surface area contributed by atoms with Gasteiger partial charge in [-0.3, -0.25) is 0 Å². The quantitative estimate of drug-likeness (QED) is 0.746. The number of hydrogen-bond acceptors (Lipinski definition) is 3. The van der Waals surface area contributed by atoms with Gasteiger partial charge in [-0.1, -0.05) is 24.3 Å². The van der Waals surface area contributed by atoms with Crippen molar-refractivity contribution in [3.8, 4) is 11.1 Å². The third-order valence-electron chi connectivity index (χ3n) is 3.38. The van der Waals surface area contributed by atoms with Crippen molar-refractivity contribution in [3.05, 3.63) is 59.4 Å². The SMILES string of the molecule is CO[SiH](OC)OC(C)c1ccc(-c2c(F)cc(F)cc2F)cc1. The van der Waals surface area contributed by atoms with Crippen LogP contribution in [0.25, 0.3) is 11.1 Å². The van der Waals surface area contributed by atoms with Crippen LogP contribution in [-0.2, 0) is 13.3 Å². The maximum atomic E-state index is 13.8. The Labute approximate surface area is 134 Å². The van der Waals surface area contributed by atoms with Crippen LogP contribution in [0.15, 0.2) is 36.4 Å². The Morgan fingerprint density at radius 1 is 0.913 bits per heavy atom. The highest BCUT2D eigenvalue weighted by atomic mass is 28.3. The molecule has 0 spiro atoms. The topological polar surface area (TPSA) is 27.7 Å². The number of hydrogen-bond donors (Lipinski definition) is 0. The first-order chi connectivity index (χ1) is 11.0. The smallest absolute Gasteiger partial charge is 0.379 e.